The van der Waals surface area contributed by atoms with Gasteiger partial charge in [0.15, 0.2) is 5.11 Å². The van der Waals surface area contributed by atoms with E-state index in [2.05, 4.69) is 12.2 Å². The van der Waals surface area contributed by atoms with Crippen LogP contribution in [-0.4, -0.2) is 28.5 Å². The van der Waals surface area contributed by atoms with E-state index in [0.717, 1.165) is 19.4 Å². The van der Waals surface area contributed by atoms with Crippen molar-refractivity contribution in [1.82, 2.24) is 10.2 Å². The second kappa shape index (κ2) is 4.23. The van der Waals surface area contributed by atoms with Gasteiger partial charge in [0.1, 0.15) is 0 Å². The van der Waals surface area contributed by atoms with Crippen molar-refractivity contribution in [3.63, 3.8) is 0 Å². The first-order valence-corrected chi connectivity index (χ1v) is 7.18. The highest BCUT2D eigenvalue weighted by Gasteiger charge is 2.43. The fraction of sp³-hybridized carbons (Fsp3) is 0.846. The van der Waals surface area contributed by atoms with Crippen molar-refractivity contribution in [1.29, 1.82) is 0 Å². The maximum absolute atomic E-state index is 12.4. The minimum absolute atomic E-state index is 0.177. The lowest BCUT2D eigenvalue weighted by atomic mass is 9.77. The Bertz CT molecular complexity index is 353. The number of fused-ring (bicyclic) bond motifs is 1. The smallest absolute Gasteiger partial charge is 0.233 e. The molecule has 2 saturated carbocycles. The average Bonchev–Trinajstić information content (AvgIpc) is 3.07. The van der Waals surface area contributed by atoms with Crippen LogP contribution in [-0.2, 0) is 4.79 Å². The summed E-state index contributed by atoms with van der Waals surface area (Å²) in [6.45, 7) is 3.12. The number of carbonyl (C=O) groups is 1. The Morgan fingerprint density at radius 2 is 2.12 bits per heavy atom. The van der Waals surface area contributed by atoms with Gasteiger partial charge in [-0.25, -0.2) is 0 Å². The molecule has 17 heavy (non-hydrogen) atoms. The molecule has 3 fully saturated rings. The zero-order chi connectivity index (χ0) is 12.0. The molecule has 1 amide bonds. The van der Waals surface area contributed by atoms with Crippen LogP contribution >= 0.6 is 12.2 Å². The van der Waals surface area contributed by atoms with Gasteiger partial charge < -0.3 is 5.32 Å². The van der Waals surface area contributed by atoms with Crippen molar-refractivity contribution in [2.45, 2.75) is 45.1 Å². The largest absolute Gasteiger partial charge is 0.359 e. The van der Waals surface area contributed by atoms with Gasteiger partial charge in [-0.05, 0) is 56.2 Å². The molecule has 1 N–H and O–H groups in total. The molecule has 1 aliphatic heterocycles. The molecule has 1 saturated heterocycles. The highest BCUT2D eigenvalue weighted by Crippen LogP contribution is 2.35. The minimum atomic E-state index is 0.177. The topological polar surface area (TPSA) is 32.3 Å². The monoisotopic (exact) mass is 252 g/mol. The molecule has 0 radical (unpaired) electrons. The summed E-state index contributed by atoms with van der Waals surface area (Å²) in [6.07, 6.45) is 5.82. The van der Waals surface area contributed by atoms with E-state index in [0.29, 0.717) is 23.0 Å². The second-order valence-corrected chi connectivity index (χ2v) is 6.36. The fourth-order valence-electron chi connectivity index (χ4n) is 3.10. The lowest BCUT2D eigenvalue weighted by Gasteiger charge is -2.43. The maximum atomic E-state index is 12.4. The van der Waals surface area contributed by atoms with Crippen molar-refractivity contribution in [2.75, 3.05) is 6.54 Å². The average molecular weight is 252 g/mol. The van der Waals surface area contributed by atoms with Crippen LogP contribution in [0.25, 0.3) is 0 Å². The number of nitrogens with zero attached hydrogens (tertiary/aromatic N) is 1. The van der Waals surface area contributed by atoms with E-state index in [1.165, 1.54) is 19.3 Å². The molecule has 0 aromatic carbocycles. The lowest BCUT2D eigenvalue weighted by molar-refractivity contribution is -0.135. The summed E-state index contributed by atoms with van der Waals surface area (Å²) < 4.78 is 0. The van der Waals surface area contributed by atoms with Crippen molar-refractivity contribution >= 4 is 23.2 Å². The van der Waals surface area contributed by atoms with Gasteiger partial charge in [0.2, 0.25) is 5.91 Å². The number of rotatable bonds is 2. The molecule has 4 heteroatoms. The third-order valence-corrected chi connectivity index (χ3v) is 4.73. The number of hydrogen-bond acceptors (Lipinski definition) is 2. The number of amides is 1. The number of nitrogens with one attached hydrogen (secondary N) is 1. The molecule has 2 aliphatic carbocycles. The molecule has 0 spiro atoms. The van der Waals surface area contributed by atoms with E-state index in [1.807, 2.05) is 4.90 Å². The van der Waals surface area contributed by atoms with Crippen LogP contribution in [0.3, 0.4) is 0 Å². The molecule has 0 aromatic heterocycles. The van der Waals surface area contributed by atoms with Gasteiger partial charge >= 0.3 is 0 Å². The fourth-order valence-corrected chi connectivity index (χ4v) is 3.42. The van der Waals surface area contributed by atoms with Crippen LogP contribution in [0.5, 0.6) is 0 Å². The van der Waals surface area contributed by atoms with Crippen LogP contribution in [0.1, 0.15) is 39.0 Å². The summed E-state index contributed by atoms with van der Waals surface area (Å²) in [5, 5.41) is 4.08. The van der Waals surface area contributed by atoms with Gasteiger partial charge in [-0.2, -0.15) is 0 Å². The molecule has 0 bridgehead atoms. The highest BCUT2D eigenvalue weighted by atomic mass is 32.1. The van der Waals surface area contributed by atoms with Crippen LogP contribution in [0.4, 0.5) is 0 Å². The zero-order valence-electron chi connectivity index (χ0n) is 10.3. The Morgan fingerprint density at radius 3 is 2.82 bits per heavy atom. The number of carbonyl (C=O) groups excluding carboxylic acids is 1. The van der Waals surface area contributed by atoms with Crippen molar-refractivity contribution in [3.8, 4) is 0 Å². The molecular formula is C13H20N2OS. The summed E-state index contributed by atoms with van der Waals surface area (Å²) in [7, 11) is 0. The predicted molar refractivity (Wildman–Crippen MR) is 70.5 cm³/mol. The van der Waals surface area contributed by atoms with Gasteiger partial charge in [0.05, 0.1) is 5.92 Å². The van der Waals surface area contributed by atoms with Gasteiger partial charge in [-0.3, -0.25) is 9.69 Å². The first kappa shape index (κ1) is 11.5. The second-order valence-electron chi connectivity index (χ2n) is 5.97. The van der Waals surface area contributed by atoms with E-state index in [1.54, 1.807) is 0 Å². The Morgan fingerprint density at radius 1 is 1.35 bits per heavy atom. The third-order valence-electron chi connectivity index (χ3n) is 4.39. The minimum Gasteiger partial charge on any atom is -0.359 e. The molecule has 3 nitrogen and oxygen atoms in total. The van der Waals surface area contributed by atoms with E-state index in [-0.39, 0.29) is 11.8 Å². The molecule has 1 heterocycles. The molecule has 3 rings (SSSR count). The normalized spacial score (nSPS) is 37.7. The zero-order valence-corrected chi connectivity index (χ0v) is 11.1. The van der Waals surface area contributed by atoms with Crippen molar-refractivity contribution < 1.29 is 4.79 Å². The standard InChI is InChI=1S/C13H20N2OS/c1-8-2-5-10-11(6-8)14-13(17)15(12(10)16)7-9-3-4-9/h8-11H,2-7H2,1H3,(H,14,17)/t8-,10?,11?/m0/s1. The maximum Gasteiger partial charge on any atom is 0.233 e. The van der Waals surface area contributed by atoms with E-state index in [4.69, 9.17) is 12.2 Å². The molecule has 2 unspecified atom stereocenters. The summed E-state index contributed by atoms with van der Waals surface area (Å²) in [4.78, 5) is 14.3. The van der Waals surface area contributed by atoms with Gasteiger partial charge in [0.25, 0.3) is 0 Å². The summed E-state index contributed by atoms with van der Waals surface area (Å²) >= 11 is 5.35. The SMILES string of the molecule is C[C@H]1CCC2C(=O)N(CC3CC3)C(=S)NC2C1. The summed E-state index contributed by atoms with van der Waals surface area (Å²) in [5.74, 6) is 1.89. The van der Waals surface area contributed by atoms with Gasteiger partial charge in [-0.1, -0.05) is 6.92 Å². The molecule has 0 aromatic rings. The number of hydrogen-bond donors (Lipinski definition) is 1. The predicted octanol–water partition coefficient (Wildman–Crippen LogP) is 1.92. The van der Waals surface area contributed by atoms with Gasteiger partial charge in [0, 0.05) is 12.6 Å². The molecule has 94 valence electrons. The van der Waals surface area contributed by atoms with E-state index in [9.17, 15) is 4.79 Å². The Kier molecular flexibility index (Phi) is 2.85. The van der Waals surface area contributed by atoms with Gasteiger partial charge in [-0.15, -0.1) is 0 Å². The molecule has 3 atom stereocenters. The van der Waals surface area contributed by atoms with Crippen LogP contribution in [0.2, 0.25) is 0 Å². The Balaban J connectivity index is 1.73. The van der Waals surface area contributed by atoms with Crippen LogP contribution in [0, 0.1) is 17.8 Å². The van der Waals surface area contributed by atoms with E-state index >= 15 is 0 Å². The number of thiocarbonyl (C=S) groups is 1. The first-order chi connectivity index (χ1) is 8.15. The van der Waals surface area contributed by atoms with Crippen LogP contribution < -0.4 is 5.32 Å². The Labute approximate surface area is 108 Å². The Hall–Kier alpha value is -0.640. The summed E-state index contributed by atoms with van der Waals surface area (Å²) in [5.41, 5.74) is 0. The van der Waals surface area contributed by atoms with Crippen LogP contribution in [0.15, 0.2) is 0 Å². The van der Waals surface area contributed by atoms with Crippen molar-refractivity contribution in [3.05, 3.63) is 0 Å². The molecular weight excluding hydrogens is 232 g/mol. The van der Waals surface area contributed by atoms with E-state index < -0.39 is 0 Å². The lowest BCUT2D eigenvalue weighted by Crippen LogP contribution is -2.61. The first-order valence-electron chi connectivity index (χ1n) is 6.77. The highest BCUT2D eigenvalue weighted by molar-refractivity contribution is 7.80. The third kappa shape index (κ3) is 2.19. The quantitative estimate of drug-likeness (QED) is 0.762. The molecule has 3 aliphatic rings. The summed E-state index contributed by atoms with van der Waals surface area (Å²) in [6, 6.07) is 0.300. The van der Waals surface area contributed by atoms with Crippen molar-refractivity contribution in [2.24, 2.45) is 17.8 Å².